The molecule has 0 bridgehead atoms. The maximum Gasteiger partial charge on any atom is 0.0507 e. The highest BCUT2D eigenvalue weighted by molar-refractivity contribution is 5.09. The highest BCUT2D eigenvalue weighted by Gasteiger charge is 2.15. The molecule has 1 aromatic rings. The third kappa shape index (κ3) is 2.86. The highest BCUT2D eigenvalue weighted by atomic mass is 15.1. The first-order valence-corrected chi connectivity index (χ1v) is 4.66. The Morgan fingerprint density at radius 1 is 1.54 bits per heavy atom. The average Bonchev–Trinajstić information content (AvgIpc) is 2.50. The van der Waals surface area contributed by atoms with Crippen molar-refractivity contribution in [3.63, 3.8) is 0 Å². The van der Waals surface area contributed by atoms with Gasteiger partial charge in [-0.15, -0.1) is 0 Å². The van der Waals surface area contributed by atoms with Gasteiger partial charge in [-0.25, -0.2) is 0 Å². The predicted octanol–water partition coefficient (Wildman–Crippen LogP) is 1.35. The number of H-pyrrole nitrogens is 1. The van der Waals surface area contributed by atoms with Gasteiger partial charge in [0.1, 0.15) is 0 Å². The largest absolute Gasteiger partial charge is 0.364 e. The molecule has 0 aliphatic carbocycles. The van der Waals surface area contributed by atoms with Crippen LogP contribution in [0, 0.1) is 0 Å². The van der Waals surface area contributed by atoms with Crippen molar-refractivity contribution in [1.29, 1.82) is 0 Å². The Labute approximate surface area is 79.9 Å². The smallest absolute Gasteiger partial charge is 0.0507 e. The second kappa shape index (κ2) is 4.44. The van der Waals surface area contributed by atoms with E-state index in [1.54, 1.807) is 0 Å². The molecule has 0 fully saturated rings. The van der Waals surface area contributed by atoms with Crippen LogP contribution in [0.2, 0.25) is 0 Å². The van der Waals surface area contributed by atoms with Crippen molar-refractivity contribution in [3.05, 3.63) is 24.0 Å². The zero-order valence-electron chi connectivity index (χ0n) is 8.62. The summed E-state index contributed by atoms with van der Waals surface area (Å²) in [5.74, 6) is 0. The molecule has 0 amide bonds. The summed E-state index contributed by atoms with van der Waals surface area (Å²) >= 11 is 0. The van der Waals surface area contributed by atoms with E-state index in [0.29, 0.717) is 6.04 Å². The van der Waals surface area contributed by atoms with Crippen molar-refractivity contribution in [3.8, 4) is 0 Å². The standard InChI is InChI=1S/C10H19N3/c1-8(11)7-10(13(2)3)9-5-4-6-12-9/h4-6,8,10,12H,7,11H2,1-3H3. The third-order valence-electron chi connectivity index (χ3n) is 2.20. The fraction of sp³-hybridized carbons (Fsp3) is 0.600. The van der Waals surface area contributed by atoms with E-state index >= 15 is 0 Å². The summed E-state index contributed by atoms with van der Waals surface area (Å²) < 4.78 is 0. The molecule has 0 spiro atoms. The van der Waals surface area contributed by atoms with Gasteiger partial charge in [-0.3, -0.25) is 0 Å². The Hall–Kier alpha value is -0.800. The van der Waals surface area contributed by atoms with Gasteiger partial charge in [0.25, 0.3) is 0 Å². The number of nitrogens with two attached hydrogens (primary N) is 1. The summed E-state index contributed by atoms with van der Waals surface area (Å²) in [7, 11) is 4.15. The van der Waals surface area contributed by atoms with Crippen molar-refractivity contribution in [1.82, 2.24) is 9.88 Å². The minimum Gasteiger partial charge on any atom is -0.364 e. The molecule has 3 heteroatoms. The third-order valence-corrected chi connectivity index (χ3v) is 2.20. The maximum atomic E-state index is 5.80. The van der Waals surface area contributed by atoms with E-state index in [-0.39, 0.29) is 6.04 Å². The molecule has 1 aromatic heterocycles. The van der Waals surface area contributed by atoms with Gasteiger partial charge >= 0.3 is 0 Å². The molecular weight excluding hydrogens is 162 g/mol. The molecular formula is C10H19N3. The highest BCUT2D eigenvalue weighted by Crippen LogP contribution is 2.20. The second-order valence-electron chi connectivity index (χ2n) is 3.82. The molecule has 0 saturated carbocycles. The number of aromatic nitrogens is 1. The van der Waals surface area contributed by atoms with Gasteiger partial charge in [0, 0.05) is 17.9 Å². The molecule has 74 valence electrons. The van der Waals surface area contributed by atoms with Crippen LogP contribution in [0.3, 0.4) is 0 Å². The lowest BCUT2D eigenvalue weighted by atomic mass is 10.1. The lowest BCUT2D eigenvalue weighted by Crippen LogP contribution is -2.27. The zero-order chi connectivity index (χ0) is 9.84. The number of hydrogen-bond donors (Lipinski definition) is 2. The quantitative estimate of drug-likeness (QED) is 0.736. The van der Waals surface area contributed by atoms with Crippen molar-refractivity contribution in [2.75, 3.05) is 14.1 Å². The van der Waals surface area contributed by atoms with E-state index in [2.05, 4.69) is 30.0 Å². The van der Waals surface area contributed by atoms with Crippen molar-refractivity contribution in [2.24, 2.45) is 5.73 Å². The van der Waals surface area contributed by atoms with Crippen LogP contribution in [0.1, 0.15) is 25.1 Å². The normalized spacial score (nSPS) is 16.1. The van der Waals surface area contributed by atoms with Gasteiger partial charge in [-0.05, 0) is 39.6 Å². The minimum atomic E-state index is 0.232. The van der Waals surface area contributed by atoms with Gasteiger partial charge in [0.05, 0.1) is 6.04 Å². The van der Waals surface area contributed by atoms with E-state index in [0.717, 1.165) is 6.42 Å². The van der Waals surface area contributed by atoms with E-state index in [1.165, 1.54) is 5.69 Å². The summed E-state index contributed by atoms with van der Waals surface area (Å²) in [5, 5.41) is 0. The van der Waals surface area contributed by atoms with Crippen LogP contribution in [0.5, 0.6) is 0 Å². The molecule has 0 aromatic carbocycles. The number of rotatable bonds is 4. The van der Waals surface area contributed by atoms with Crippen LogP contribution in [0.4, 0.5) is 0 Å². The fourth-order valence-electron chi connectivity index (χ4n) is 1.52. The Balaban J connectivity index is 2.69. The number of aromatic amines is 1. The molecule has 0 radical (unpaired) electrons. The van der Waals surface area contributed by atoms with Crippen LogP contribution < -0.4 is 5.73 Å². The van der Waals surface area contributed by atoms with Crippen molar-refractivity contribution >= 4 is 0 Å². The average molecular weight is 181 g/mol. The molecule has 1 heterocycles. The topological polar surface area (TPSA) is 45.1 Å². The van der Waals surface area contributed by atoms with Gasteiger partial charge in [-0.1, -0.05) is 0 Å². The zero-order valence-corrected chi connectivity index (χ0v) is 8.62. The van der Waals surface area contributed by atoms with Crippen LogP contribution in [0.25, 0.3) is 0 Å². The molecule has 0 saturated heterocycles. The van der Waals surface area contributed by atoms with Crippen LogP contribution in [-0.2, 0) is 0 Å². The Kier molecular flexibility index (Phi) is 3.51. The van der Waals surface area contributed by atoms with E-state index in [4.69, 9.17) is 5.73 Å². The number of nitrogens with one attached hydrogen (secondary N) is 1. The lowest BCUT2D eigenvalue weighted by molar-refractivity contribution is 0.268. The lowest BCUT2D eigenvalue weighted by Gasteiger charge is -2.24. The van der Waals surface area contributed by atoms with Gasteiger partial charge in [0.2, 0.25) is 0 Å². The van der Waals surface area contributed by atoms with Crippen LogP contribution in [-0.4, -0.2) is 30.0 Å². The molecule has 2 unspecified atom stereocenters. The number of hydrogen-bond acceptors (Lipinski definition) is 2. The summed E-state index contributed by atoms with van der Waals surface area (Å²) in [6.45, 7) is 2.04. The Bertz CT molecular complexity index is 226. The first kappa shape index (κ1) is 10.3. The summed E-state index contributed by atoms with van der Waals surface area (Å²) in [6.07, 6.45) is 2.93. The molecule has 2 atom stereocenters. The van der Waals surface area contributed by atoms with E-state index in [1.807, 2.05) is 19.2 Å². The molecule has 13 heavy (non-hydrogen) atoms. The second-order valence-corrected chi connectivity index (χ2v) is 3.82. The molecule has 0 aliphatic heterocycles. The van der Waals surface area contributed by atoms with E-state index in [9.17, 15) is 0 Å². The monoisotopic (exact) mass is 181 g/mol. The molecule has 1 rings (SSSR count). The minimum absolute atomic E-state index is 0.232. The Morgan fingerprint density at radius 2 is 2.23 bits per heavy atom. The van der Waals surface area contributed by atoms with Crippen molar-refractivity contribution in [2.45, 2.75) is 25.4 Å². The maximum absolute atomic E-state index is 5.80. The molecule has 0 aliphatic rings. The molecule has 3 N–H and O–H groups in total. The first-order chi connectivity index (χ1) is 6.11. The van der Waals surface area contributed by atoms with E-state index < -0.39 is 0 Å². The Morgan fingerprint density at radius 3 is 2.62 bits per heavy atom. The van der Waals surface area contributed by atoms with Crippen molar-refractivity contribution < 1.29 is 0 Å². The summed E-state index contributed by atoms with van der Waals surface area (Å²) in [6, 6.07) is 4.76. The fourth-order valence-corrected chi connectivity index (χ4v) is 1.52. The predicted molar refractivity (Wildman–Crippen MR) is 55.5 cm³/mol. The molecule has 3 nitrogen and oxygen atoms in total. The van der Waals surface area contributed by atoms with Crippen LogP contribution >= 0.6 is 0 Å². The first-order valence-electron chi connectivity index (χ1n) is 4.66. The SMILES string of the molecule is CC(N)CC(c1ccc[nH]1)N(C)C. The van der Waals surface area contributed by atoms with Gasteiger partial charge < -0.3 is 15.6 Å². The van der Waals surface area contributed by atoms with Crippen LogP contribution in [0.15, 0.2) is 18.3 Å². The van der Waals surface area contributed by atoms with Gasteiger partial charge in [0.15, 0.2) is 0 Å². The number of nitrogens with zero attached hydrogens (tertiary/aromatic N) is 1. The summed E-state index contributed by atoms with van der Waals surface area (Å²) in [5.41, 5.74) is 7.03. The summed E-state index contributed by atoms with van der Waals surface area (Å²) in [4.78, 5) is 5.42. The van der Waals surface area contributed by atoms with Gasteiger partial charge in [-0.2, -0.15) is 0 Å².